The molecule has 0 unspecified atom stereocenters. The Labute approximate surface area is 192 Å². The van der Waals surface area contributed by atoms with Gasteiger partial charge in [0.25, 0.3) is 0 Å². The number of ether oxygens (including phenoxy) is 1. The second kappa shape index (κ2) is 7.78. The van der Waals surface area contributed by atoms with Gasteiger partial charge in [-0.1, -0.05) is 17.7 Å². The van der Waals surface area contributed by atoms with E-state index in [-0.39, 0.29) is 12.1 Å². The Morgan fingerprint density at radius 3 is 2.82 bits per heavy atom. The number of benzene rings is 1. The first kappa shape index (κ1) is 20.8. The zero-order valence-corrected chi connectivity index (χ0v) is 19.1. The van der Waals surface area contributed by atoms with Crippen LogP contribution in [-0.4, -0.2) is 24.5 Å². The van der Waals surface area contributed by atoms with Crippen LogP contribution >= 0.6 is 0 Å². The third-order valence-corrected chi connectivity index (χ3v) is 5.97. The summed E-state index contributed by atoms with van der Waals surface area (Å²) in [6.07, 6.45) is 3.67. The number of hydrogen-bond acceptors (Lipinski definition) is 6. The third-order valence-electron chi connectivity index (χ3n) is 5.97. The lowest BCUT2D eigenvalue weighted by Crippen LogP contribution is -2.13. The molecular weight excluding hydrogens is 414 g/mol. The van der Waals surface area contributed by atoms with Gasteiger partial charge in [-0.05, 0) is 45.9 Å². The van der Waals surface area contributed by atoms with E-state index in [1.165, 1.54) is 0 Å². The number of nitriles is 1. The first-order chi connectivity index (χ1) is 15.9. The maximum Gasteiger partial charge on any atom is 0.166 e. The van der Waals surface area contributed by atoms with Crippen LogP contribution in [0, 0.1) is 18.3 Å². The lowest BCUT2D eigenvalue weighted by Gasteiger charge is -2.22. The summed E-state index contributed by atoms with van der Waals surface area (Å²) in [7, 11) is 0. The van der Waals surface area contributed by atoms with Crippen LogP contribution in [-0.2, 0) is 6.42 Å². The molecule has 2 bridgehead atoms. The number of nitrogens with zero attached hydrogens (tertiary/aromatic N) is 6. The van der Waals surface area contributed by atoms with Gasteiger partial charge in [-0.2, -0.15) is 15.5 Å². The SMILES string of the molecule is Cc1ccc2c(c1)[C@@H](C)Oc1cc(cnc1N)-c1c(nn(C(C)C)c1C#N)Cc1ccnn1-2. The van der Waals surface area contributed by atoms with Crippen molar-refractivity contribution in [3.8, 4) is 28.6 Å². The number of aryl methyl sites for hydroxylation is 1. The van der Waals surface area contributed by atoms with Crippen LogP contribution in [0.2, 0.25) is 0 Å². The molecular formula is C25H25N7O. The quantitative estimate of drug-likeness (QED) is 0.467. The van der Waals surface area contributed by atoms with Gasteiger partial charge in [0.15, 0.2) is 11.6 Å². The van der Waals surface area contributed by atoms with Gasteiger partial charge < -0.3 is 10.5 Å². The first-order valence-corrected chi connectivity index (χ1v) is 10.9. The highest BCUT2D eigenvalue weighted by Crippen LogP contribution is 2.37. The van der Waals surface area contributed by atoms with Crippen molar-refractivity contribution in [2.45, 2.75) is 46.3 Å². The highest BCUT2D eigenvalue weighted by molar-refractivity contribution is 5.74. The Bertz CT molecular complexity index is 1410. The van der Waals surface area contributed by atoms with Gasteiger partial charge >= 0.3 is 0 Å². The molecule has 3 aromatic heterocycles. The Balaban J connectivity index is 1.83. The topological polar surface area (TPSA) is 108 Å². The molecule has 2 N–H and O–H groups in total. The van der Waals surface area contributed by atoms with E-state index >= 15 is 0 Å². The lowest BCUT2D eigenvalue weighted by molar-refractivity contribution is 0.227. The van der Waals surface area contributed by atoms with E-state index in [2.05, 4.69) is 41.3 Å². The monoisotopic (exact) mass is 439 g/mol. The predicted molar refractivity (Wildman–Crippen MR) is 125 cm³/mol. The Kier molecular flexibility index (Phi) is 4.90. The predicted octanol–water partition coefficient (Wildman–Crippen LogP) is 4.52. The molecule has 0 saturated carbocycles. The normalized spacial score (nSPS) is 14.8. The molecule has 0 amide bonds. The van der Waals surface area contributed by atoms with Crippen molar-refractivity contribution in [1.29, 1.82) is 5.26 Å². The van der Waals surface area contributed by atoms with Crippen molar-refractivity contribution in [3.63, 3.8) is 0 Å². The minimum atomic E-state index is -0.302. The van der Waals surface area contributed by atoms with Crippen LogP contribution < -0.4 is 10.5 Å². The summed E-state index contributed by atoms with van der Waals surface area (Å²) in [6.45, 7) is 8.06. The molecule has 0 spiro atoms. The van der Waals surface area contributed by atoms with E-state index < -0.39 is 0 Å². The third kappa shape index (κ3) is 3.42. The molecule has 33 heavy (non-hydrogen) atoms. The van der Waals surface area contributed by atoms with E-state index in [9.17, 15) is 5.26 Å². The van der Waals surface area contributed by atoms with Gasteiger partial charge in [-0.3, -0.25) is 4.68 Å². The second-order valence-electron chi connectivity index (χ2n) is 8.66. The molecule has 1 aliphatic rings. The number of hydrogen-bond donors (Lipinski definition) is 1. The van der Waals surface area contributed by atoms with Crippen molar-refractivity contribution < 1.29 is 4.74 Å². The Morgan fingerprint density at radius 1 is 1.24 bits per heavy atom. The largest absolute Gasteiger partial charge is 0.482 e. The number of pyridine rings is 1. The number of anilines is 1. The average molecular weight is 440 g/mol. The molecule has 0 saturated heterocycles. The highest BCUT2D eigenvalue weighted by atomic mass is 16.5. The fourth-order valence-electron chi connectivity index (χ4n) is 4.37. The van der Waals surface area contributed by atoms with E-state index in [0.717, 1.165) is 39.3 Å². The van der Waals surface area contributed by atoms with Crippen molar-refractivity contribution in [2.75, 3.05) is 5.73 Å². The number of fused-ring (bicyclic) bond motifs is 7. The summed E-state index contributed by atoms with van der Waals surface area (Å²) in [4.78, 5) is 4.39. The van der Waals surface area contributed by atoms with Gasteiger partial charge in [0.2, 0.25) is 0 Å². The van der Waals surface area contributed by atoms with Crippen LogP contribution in [0.15, 0.2) is 42.7 Å². The van der Waals surface area contributed by atoms with Crippen LogP contribution in [0.25, 0.3) is 16.8 Å². The first-order valence-electron chi connectivity index (χ1n) is 10.9. The molecule has 0 radical (unpaired) electrons. The Morgan fingerprint density at radius 2 is 2.06 bits per heavy atom. The molecule has 166 valence electrons. The van der Waals surface area contributed by atoms with Crippen molar-refractivity contribution >= 4 is 5.82 Å². The van der Waals surface area contributed by atoms with E-state index in [4.69, 9.17) is 15.6 Å². The highest BCUT2D eigenvalue weighted by Gasteiger charge is 2.26. The molecule has 4 aromatic rings. The average Bonchev–Trinajstić information content (AvgIpc) is 3.39. The van der Waals surface area contributed by atoms with E-state index in [0.29, 0.717) is 23.7 Å². The fraction of sp³-hybridized carbons (Fsp3) is 0.280. The molecule has 1 atom stereocenters. The summed E-state index contributed by atoms with van der Waals surface area (Å²) < 4.78 is 10.0. The van der Waals surface area contributed by atoms with Crippen molar-refractivity contribution in [3.05, 3.63) is 70.9 Å². The summed E-state index contributed by atoms with van der Waals surface area (Å²) in [5, 5.41) is 19.5. The molecule has 4 heterocycles. The number of aromatic nitrogens is 5. The fourth-order valence-corrected chi connectivity index (χ4v) is 4.37. The molecule has 1 aliphatic heterocycles. The van der Waals surface area contributed by atoms with Crippen molar-refractivity contribution in [1.82, 2.24) is 24.5 Å². The smallest absolute Gasteiger partial charge is 0.166 e. The van der Waals surface area contributed by atoms with Crippen molar-refractivity contribution in [2.24, 2.45) is 0 Å². The number of rotatable bonds is 1. The molecule has 8 heteroatoms. The van der Waals surface area contributed by atoms with Crippen LogP contribution in [0.1, 0.15) is 61.1 Å². The van der Waals surface area contributed by atoms with E-state index in [1.54, 1.807) is 17.1 Å². The Hall–Kier alpha value is -4.12. The summed E-state index contributed by atoms with van der Waals surface area (Å²) in [5.74, 6) is 0.772. The minimum absolute atomic E-state index is 0.0222. The summed E-state index contributed by atoms with van der Waals surface area (Å²) >= 11 is 0. The van der Waals surface area contributed by atoms with Crippen LogP contribution in [0.5, 0.6) is 5.75 Å². The minimum Gasteiger partial charge on any atom is -0.482 e. The molecule has 1 aromatic carbocycles. The molecule has 0 fully saturated rings. The number of nitrogens with two attached hydrogens (primary N) is 1. The lowest BCUT2D eigenvalue weighted by atomic mass is 10.0. The summed E-state index contributed by atoms with van der Waals surface area (Å²) in [5.41, 5.74) is 13.0. The van der Waals surface area contributed by atoms with E-state index in [1.807, 2.05) is 37.6 Å². The maximum absolute atomic E-state index is 10.0. The van der Waals surface area contributed by atoms with Crippen LogP contribution in [0.4, 0.5) is 5.82 Å². The maximum atomic E-state index is 10.0. The number of nitrogen functional groups attached to an aromatic ring is 1. The van der Waals surface area contributed by atoms with Gasteiger partial charge in [0, 0.05) is 41.5 Å². The molecule has 5 rings (SSSR count). The second-order valence-corrected chi connectivity index (χ2v) is 8.66. The zero-order chi connectivity index (χ0) is 23.3. The summed E-state index contributed by atoms with van der Waals surface area (Å²) in [6, 6.07) is 12.4. The molecule has 0 aliphatic carbocycles. The van der Waals surface area contributed by atoms with Gasteiger partial charge in [0.1, 0.15) is 17.9 Å². The van der Waals surface area contributed by atoms with Gasteiger partial charge in [0.05, 0.1) is 17.1 Å². The molecule has 8 nitrogen and oxygen atoms in total. The van der Waals surface area contributed by atoms with Gasteiger partial charge in [-0.15, -0.1) is 0 Å². The zero-order valence-electron chi connectivity index (χ0n) is 19.1. The van der Waals surface area contributed by atoms with Crippen LogP contribution in [0.3, 0.4) is 0 Å². The standard InChI is InChI=1S/C25H25N7O/c1-14(2)31-22(12-26)24-17-10-23(25(27)28-13-17)33-16(4)19-9-15(3)5-6-21(19)32-18(7-8-29-32)11-20(24)30-31/h5-10,13-14,16H,11H2,1-4H3,(H2,27,28)/t16-/m1/s1. The van der Waals surface area contributed by atoms with Gasteiger partial charge in [-0.25, -0.2) is 9.67 Å².